The van der Waals surface area contributed by atoms with Gasteiger partial charge in [-0.25, -0.2) is 13.3 Å². The first kappa shape index (κ1) is 16.2. The second-order valence-electron chi connectivity index (χ2n) is 4.93. The number of anilines is 1. The minimum absolute atomic E-state index is 0.0117. The standard InChI is InChI=1S/C15H8F3NO4S/c16-15(17,18)24(22,23)10-7-5-9(6-8-10)19-13(20)11-3-1-2-4-12(11)14(19)21/h1-8H. The number of rotatable bonds is 2. The van der Waals surface area contributed by atoms with Crippen molar-refractivity contribution in [3.8, 4) is 0 Å². The van der Waals surface area contributed by atoms with Crippen molar-refractivity contribution in [2.45, 2.75) is 10.4 Å². The average molecular weight is 355 g/mol. The molecule has 0 aliphatic carbocycles. The Labute approximate surface area is 134 Å². The van der Waals surface area contributed by atoms with Crippen LogP contribution in [-0.2, 0) is 9.84 Å². The molecule has 124 valence electrons. The summed E-state index contributed by atoms with van der Waals surface area (Å²) in [6.07, 6.45) is 0. The molecule has 9 heteroatoms. The van der Waals surface area contributed by atoms with Gasteiger partial charge in [0.1, 0.15) is 0 Å². The van der Waals surface area contributed by atoms with E-state index in [4.69, 9.17) is 0 Å². The van der Waals surface area contributed by atoms with Gasteiger partial charge in [0.25, 0.3) is 21.7 Å². The summed E-state index contributed by atoms with van der Waals surface area (Å²) in [6.45, 7) is 0. The van der Waals surface area contributed by atoms with E-state index in [1.54, 1.807) is 12.1 Å². The number of amides is 2. The molecule has 1 aliphatic heterocycles. The van der Waals surface area contributed by atoms with E-state index in [-0.39, 0.29) is 16.8 Å². The van der Waals surface area contributed by atoms with Crippen molar-refractivity contribution in [2.24, 2.45) is 0 Å². The molecular weight excluding hydrogens is 347 g/mol. The fourth-order valence-corrected chi connectivity index (χ4v) is 3.09. The highest BCUT2D eigenvalue weighted by Crippen LogP contribution is 2.33. The molecule has 2 amide bonds. The lowest BCUT2D eigenvalue weighted by Gasteiger charge is -2.15. The molecule has 2 aromatic rings. The number of sulfone groups is 1. The van der Waals surface area contributed by atoms with Gasteiger partial charge in [-0.2, -0.15) is 13.2 Å². The molecule has 1 heterocycles. The zero-order valence-electron chi connectivity index (χ0n) is 11.7. The Bertz CT molecular complexity index is 914. The molecule has 0 unspecified atom stereocenters. The van der Waals surface area contributed by atoms with Crippen LogP contribution in [0.1, 0.15) is 20.7 Å². The number of fused-ring (bicyclic) bond motifs is 1. The molecule has 3 rings (SSSR count). The third kappa shape index (κ3) is 2.28. The lowest BCUT2D eigenvalue weighted by Crippen LogP contribution is -2.29. The molecule has 0 radical (unpaired) electrons. The van der Waals surface area contributed by atoms with Crippen LogP contribution in [0.3, 0.4) is 0 Å². The Morgan fingerprint density at radius 1 is 0.792 bits per heavy atom. The fourth-order valence-electron chi connectivity index (χ4n) is 2.33. The summed E-state index contributed by atoms with van der Waals surface area (Å²) in [5.41, 5.74) is -5.09. The molecule has 0 bridgehead atoms. The Morgan fingerprint density at radius 2 is 1.25 bits per heavy atom. The highest BCUT2D eigenvalue weighted by molar-refractivity contribution is 7.92. The molecule has 0 saturated heterocycles. The zero-order valence-corrected chi connectivity index (χ0v) is 12.6. The number of imide groups is 1. The van der Waals surface area contributed by atoms with Gasteiger partial charge >= 0.3 is 5.51 Å². The number of hydrogen-bond donors (Lipinski definition) is 0. The molecule has 0 saturated carbocycles. The molecule has 1 aliphatic rings. The van der Waals surface area contributed by atoms with Gasteiger partial charge in [-0.3, -0.25) is 9.59 Å². The van der Waals surface area contributed by atoms with Crippen LogP contribution in [0.5, 0.6) is 0 Å². The van der Waals surface area contributed by atoms with Crippen molar-refractivity contribution in [2.75, 3.05) is 4.90 Å². The number of carbonyl (C=O) groups excluding carboxylic acids is 2. The van der Waals surface area contributed by atoms with E-state index in [1.807, 2.05) is 0 Å². The van der Waals surface area contributed by atoms with Crippen molar-refractivity contribution in [3.63, 3.8) is 0 Å². The summed E-state index contributed by atoms with van der Waals surface area (Å²) in [4.78, 5) is 24.3. The van der Waals surface area contributed by atoms with E-state index >= 15 is 0 Å². The predicted molar refractivity (Wildman–Crippen MR) is 77.3 cm³/mol. The number of hydrogen-bond acceptors (Lipinski definition) is 4. The van der Waals surface area contributed by atoms with Crippen LogP contribution >= 0.6 is 0 Å². The van der Waals surface area contributed by atoms with Crippen LogP contribution in [0.2, 0.25) is 0 Å². The lowest BCUT2D eigenvalue weighted by atomic mass is 10.1. The normalized spacial score (nSPS) is 14.9. The average Bonchev–Trinajstić information content (AvgIpc) is 2.78. The first-order valence-electron chi connectivity index (χ1n) is 6.54. The smallest absolute Gasteiger partial charge is 0.268 e. The van der Waals surface area contributed by atoms with E-state index in [9.17, 15) is 31.2 Å². The molecular formula is C15H8F3NO4S. The maximum atomic E-state index is 12.5. The fraction of sp³-hybridized carbons (Fsp3) is 0.0667. The number of nitrogens with zero attached hydrogens (tertiary/aromatic N) is 1. The summed E-state index contributed by atoms with van der Waals surface area (Å²) in [5, 5.41) is 0. The zero-order chi connectivity index (χ0) is 17.7. The second kappa shape index (κ2) is 5.17. The molecule has 0 aromatic heterocycles. The topological polar surface area (TPSA) is 71.5 Å². The number of alkyl halides is 3. The van der Waals surface area contributed by atoms with E-state index in [0.29, 0.717) is 12.1 Å². The Kier molecular flexibility index (Phi) is 3.48. The predicted octanol–water partition coefficient (Wildman–Crippen LogP) is 2.78. The Morgan fingerprint density at radius 3 is 1.67 bits per heavy atom. The van der Waals surface area contributed by atoms with E-state index in [2.05, 4.69) is 0 Å². The molecule has 0 spiro atoms. The van der Waals surface area contributed by atoms with Crippen LogP contribution < -0.4 is 4.90 Å². The maximum absolute atomic E-state index is 12.5. The van der Waals surface area contributed by atoms with Gasteiger partial charge in [0.15, 0.2) is 0 Å². The Balaban J connectivity index is 1.99. The van der Waals surface area contributed by atoms with Crippen molar-refractivity contribution < 1.29 is 31.2 Å². The first-order chi connectivity index (χ1) is 11.1. The van der Waals surface area contributed by atoms with Gasteiger partial charge in [0, 0.05) is 0 Å². The SMILES string of the molecule is O=C1c2ccccc2C(=O)N1c1ccc(S(=O)(=O)C(F)(F)F)cc1. The Hall–Kier alpha value is -2.68. The van der Waals surface area contributed by atoms with E-state index < -0.39 is 32.1 Å². The van der Waals surface area contributed by atoms with E-state index in [1.165, 1.54) is 12.1 Å². The van der Waals surface area contributed by atoms with Crippen LogP contribution in [0, 0.1) is 0 Å². The van der Waals surface area contributed by atoms with Gasteiger partial charge in [0.2, 0.25) is 0 Å². The maximum Gasteiger partial charge on any atom is 0.501 e. The quantitative estimate of drug-likeness (QED) is 0.777. The molecule has 2 aromatic carbocycles. The molecule has 5 nitrogen and oxygen atoms in total. The van der Waals surface area contributed by atoms with Gasteiger partial charge in [-0.05, 0) is 36.4 Å². The van der Waals surface area contributed by atoms with Gasteiger partial charge < -0.3 is 0 Å². The van der Waals surface area contributed by atoms with Crippen LogP contribution in [0.15, 0.2) is 53.4 Å². The largest absolute Gasteiger partial charge is 0.501 e. The first-order valence-corrected chi connectivity index (χ1v) is 8.02. The van der Waals surface area contributed by atoms with E-state index in [0.717, 1.165) is 17.0 Å². The number of halogens is 3. The number of benzene rings is 2. The summed E-state index contributed by atoms with van der Waals surface area (Å²) in [7, 11) is -5.49. The number of carbonyl (C=O) groups is 2. The molecule has 0 atom stereocenters. The van der Waals surface area contributed by atoms with Crippen molar-refractivity contribution in [3.05, 3.63) is 59.7 Å². The minimum Gasteiger partial charge on any atom is -0.268 e. The molecule has 24 heavy (non-hydrogen) atoms. The van der Waals surface area contributed by atoms with Gasteiger partial charge in [-0.1, -0.05) is 12.1 Å². The molecule has 0 N–H and O–H groups in total. The highest BCUT2D eigenvalue weighted by Gasteiger charge is 2.47. The third-order valence-corrected chi connectivity index (χ3v) is 5.01. The summed E-state index contributed by atoms with van der Waals surface area (Å²) >= 11 is 0. The highest BCUT2D eigenvalue weighted by atomic mass is 32.2. The monoisotopic (exact) mass is 355 g/mol. The summed E-state index contributed by atoms with van der Waals surface area (Å²) < 4.78 is 60.2. The molecule has 0 fully saturated rings. The minimum atomic E-state index is -5.49. The van der Waals surface area contributed by atoms with Crippen LogP contribution in [0.25, 0.3) is 0 Å². The van der Waals surface area contributed by atoms with Gasteiger partial charge in [-0.15, -0.1) is 0 Å². The van der Waals surface area contributed by atoms with Crippen molar-refractivity contribution >= 4 is 27.3 Å². The van der Waals surface area contributed by atoms with Crippen molar-refractivity contribution in [1.29, 1.82) is 0 Å². The second-order valence-corrected chi connectivity index (χ2v) is 6.88. The van der Waals surface area contributed by atoms with Gasteiger partial charge in [0.05, 0.1) is 21.7 Å². The summed E-state index contributed by atoms with van der Waals surface area (Å²) in [6, 6.07) is 9.46. The lowest BCUT2D eigenvalue weighted by molar-refractivity contribution is -0.0436. The third-order valence-electron chi connectivity index (χ3n) is 3.50. The van der Waals surface area contributed by atoms with Crippen LogP contribution in [-0.4, -0.2) is 25.7 Å². The summed E-state index contributed by atoms with van der Waals surface area (Å²) in [5.74, 6) is -1.25. The van der Waals surface area contributed by atoms with Crippen LogP contribution in [0.4, 0.5) is 18.9 Å². The van der Waals surface area contributed by atoms with Crippen molar-refractivity contribution in [1.82, 2.24) is 0 Å².